The van der Waals surface area contributed by atoms with Crippen molar-refractivity contribution < 1.29 is 9.32 Å². The second-order valence-electron chi connectivity index (χ2n) is 8.21. The number of nitrogens with zero attached hydrogens (tertiary/aromatic N) is 5. The number of benzene rings is 1. The lowest BCUT2D eigenvalue weighted by atomic mass is 10.0. The fourth-order valence-corrected chi connectivity index (χ4v) is 4.26. The first-order valence-electron chi connectivity index (χ1n) is 10.7. The van der Waals surface area contributed by atoms with Gasteiger partial charge in [-0.25, -0.2) is 0 Å². The van der Waals surface area contributed by atoms with Gasteiger partial charge in [0.15, 0.2) is 16.8 Å². The molecule has 1 N–H and O–H groups in total. The van der Waals surface area contributed by atoms with E-state index in [1.54, 1.807) is 0 Å². The zero-order valence-electron chi connectivity index (χ0n) is 18.3. The third-order valence-electron chi connectivity index (χ3n) is 5.40. The third kappa shape index (κ3) is 4.81. The number of nitrogens with one attached hydrogen (secondary N) is 1. The Morgan fingerprint density at radius 1 is 1.29 bits per heavy atom. The van der Waals surface area contributed by atoms with E-state index in [0.29, 0.717) is 11.8 Å². The summed E-state index contributed by atoms with van der Waals surface area (Å²) < 4.78 is 7.49. The van der Waals surface area contributed by atoms with Gasteiger partial charge in [-0.05, 0) is 38.2 Å². The van der Waals surface area contributed by atoms with Crippen LogP contribution in [0.5, 0.6) is 0 Å². The van der Waals surface area contributed by atoms with Crippen LogP contribution >= 0.6 is 11.8 Å². The standard InChI is InChI=1S/C22H28N6O2S/c1-5-28-20(16-9-7-6-8-14(16)4)25-26-22(28)31-12-17(29)23-18(13(2)3)21-24-19(27-30-21)15-10-11-15/h6-9,13,15,18H,5,10-12H2,1-4H3,(H,23,29). The van der Waals surface area contributed by atoms with Crippen molar-refractivity contribution in [1.29, 1.82) is 0 Å². The second kappa shape index (κ2) is 9.21. The lowest BCUT2D eigenvalue weighted by Crippen LogP contribution is -2.33. The maximum atomic E-state index is 12.7. The van der Waals surface area contributed by atoms with E-state index in [2.05, 4.69) is 45.6 Å². The Labute approximate surface area is 186 Å². The Bertz CT molecular complexity index is 1060. The highest BCUT2D eigenvalue weighted by molar-refractivity contribution is 7.99. The summed E-state index contributed by atoms with van der Waals surface area (Å²) in [5.74, 6) is 2.74. The highest BCUT2D eigenvalue weighted by atomic mass is 32.2. The molecule has 1 aromatic carbocycles. The van der Waals surface area contributed by atoms with Gasteiger partial charge < -0.3 is 14.4 Å². The first-order chi connectivity index (χ1) is 15.0. The number of amides is 1. The number of aryl methyl sites for hydroxylation is 1. The van der Waals surface area contributed by atoms with Crippen LogP contribution in [0, 0.1) is 12.8 Å². The predicted octanol–water partition coefficient (Wildman–Crippen LogP) is 4.14. The molecule has 164 valence electrons. The summed E-state index contributed by atoms with van der Waals surface area (Å²) >= 11 is 1.38. The topological polar surface area (TPSA) is 98.7 Å². The van der Waals surface area contributed by atoms with E-state index in [-0.39, 0.29) is 23.6 Å². The highest BCUT2D eigenvalue weighted by Crippen LogP contribution is 2.38. The Balaban J connectivity index is 1.42. The van der Waals surface area contributed by atoms with Crippen molar-refractivity contribution in [1.82, 2.24) is 30.2 Å². The summed E-state index contributed by atoms with van der Waals surface area (Å²) in [5.41, 5.74) is 2.19. The molecule has 1 aliphatic carbocycles. The molecule has 1 aliphatic rings. The molecule has 1 fully saturated rings. The number of carbonyl (C=O) groups excluding carboxylic acids is 1. The summed E-state index contributed by atoms with van der Waals surface area (Å²) in [5, 5.41) is 16.6. The van der Waals surface area contributed by atoms with Crippen LogP contribution in [-0.2, 0) is 11.3 Å². The van der Waals surface area contributed by atoms with Gasteiger partial charge in [0.2, 0.25) is 11.8 Å². The van der Waals surface area contributed by atoms with Crippen molar-refractivity contribution in [2.45, 2.75) is 64.2 Å². The zero-order chi connectivity index (χ0) is 22.0. The minimum Gasteiger partial charge on any atom is -0.343 e. The number of carbonyl (C=O) groups is 1. The van der Waals surface area contributed by atoms with Gasteiger partial charge in [0.1, 0.15) is 6.04 Å². The minimum absolute atomic E-state index is 0.0991. The van der Waals surface area contributed by atoms with Gasteiger partial charge in [-0.15, -0.1) is 10.2 Å². The molecule has 1 amide bonds. The maximum Gasteiger partial charge on any atom is 0.249 e. The molecule has 2 heterocycles. The molecule has 2 aromatic heterocycles. The molecule has 1 atom stereocenters. The molecular weight excluding hydrogens is 412 g/mol. The summed E-state index contributed by atoms with van der Waals surface area (Å²) in [4.78, 5) is 17.2. The predicted molar refractivity (Wildman–Crippen MR) is 119 cm³/mol. The highest BCUT2D eigenvalue weighted by Gasteiger charge is 2.31. The molecule has 1 unspecified atom stereocenters. The van der Waals surface area contributed by atoms with Gasteiger partial charge in [-0.3, -0.25) is 4.79 Å². The van der Waals surface area contributed by atoms with E-state index in [1.165, 1.54) is 11.8 Å². The largest absolute Gasteiger partial charge is 0.343 e. The summed E-state index contributed by atoms with van der Waals surface area (Å²) in [7, 11) is 0. The van der Waals surface area contributed by atoms with Crippen molar-refractivity contribution in [3.63, 3.8) is 0 Å². The Morgan fingerprint density at radius 3 is 2.74 bits per heavy atom. The van der Waals surface area contributed by atoms with Gasteiger partial charge in [0, 0.05) is 18.0 Å². The van der Waals surface area contributed by atoms with Crippen LogP contribution in [0.2, 0.25) is 0 Å². The fourth-order valence-electron chi connectivity index (χ4n) is 3.44. The van der Waals surface area contributed by atoms with E-state index < -0.39 is 0 Å². The summed E-state index contributed by atoms with van der Waals surface area (Å²) in [6.45, 7) is 8.89. The van der Waals surface area contributed by atoms with Crippen LogP contribution in [0.3, 0.4) is 0 Å². The van der Waals surface area contributed by atoms with Gasteiger partial charge in [-0.1, -0.05) is 55.0 Å². The number of thioether (sulfide) groups is 1. The van der Waals surface area contributed by atoms with Crippen LogP contribution in [0.1, 0.15) is 62.9 Å². The van der Waals surface area contributed by atoms with E-state index >= 15 is 0 Å². The van der Waals surface area contributed by atoms with Crippen LogP contribution in [0.25, 0.3) is 11.4 Å². The third-order valence-corrected chi connectivity index (χ3v) is 6.37. The number of aromatic nitrogens is 5. The quantitative estimate of drug-likeness (QED) is 0.499. The monoisotopic (exact) mass is 440 g/mol. The molecule has 0 bridgehead atoms. The van der Waals surface area contributed by atoms with E-state index in [4.69, 9.17) is 4.52 Å². The maximum absolute atomic E-state index is 12.7. The van der Waals surface area contributed by atoms with Crippen molar-refractivity contribution in [2.24, 2.45) is 5.92 Å². The van der Waals surface area contributed by atoms with Gasteiger partial charge >= 0.3 is 0 Å². The number of rotatable bonds is 9. The van der Waals surface area contributed by atoms with Crippen LogP contribution in [0.4, 0.5) is 0 Å². The normalized spacial score (nSPS) is 14.7. The van der Waals surface area contributed by atoms with Gasteiger partial charge in [-0.2, -0.15) is 4.98 Å². The molecule has 0 saturated heterocycles. The van der Waals surface area contributed by atoms with E-state index in [0.717, 1.165) is 47.3 Å². The van der Waals surface area contributed by atoms with Crippen molar-refractivity contribution in [3.05, 3.63) is 41.5 Å². The SMILES string of the molecule is CCn1c(SCC(=O)NC(c2nc(C3CC3)no2)C(C)C)nnc1-c1ccccc1C. The zero-order valence-corrected chi connectivity index (χ0v) is 19.1. The number of hydrogen-bond acceptors (Lipinski definition) is 7. The molecule has 4 rings (SSSR count). The Hall–Kier alpha value is -2.68. The molecule has 0 radical (unpaired) electrons. The molecule has 0 aliphatic heterocycles. The molecule has 3 aromatic rings. The molecule has 31 heavy (non-hydrogen) atoms. The molecular formula is C22H28N6O2S. The first-order valence-corrected chi connectivity index (χ1v) is 11.7. The van der Waals surface area contributed by atoms with Crippen molar-refractivity contribution >= 4 is 17.7 Å². The Kier molecular flexibility index (Phi) is 6.41. The van der Waals surface area contributed by atoms with Gasteiger partial charge in [0.25, 0.3) is 0 Å². The average molecular weight is 441 g/mol. The smallest absolute Gasteiger partial charge is 0.249 e. The van der Waals surface area contributed by atoms with Crippen molar-refractivity contribution in [2.75, 3.05) is 5.75 Å². The minimum atomic E-state index is -0.306. The van der Waals surface area contributed by atoms with Crippen LogP contribution < -0.4 is 5.32 Å². The molecule has 0 spiro atoms. The Morgan fingerprint density at radius 2 is 2.06 bits per heavy atom. The molecule has 8 nitrogen and oxygen atoms in total. The summed E-state index contributed by atoms with van der Waals surface area (Å²) in [6, 6.07) is 7.80. The van der Waals surface area contributed by atoms with E-state index in [9.17, 15) is 4.79 Å². The second-order valence-corrected chi connectivity index (χ2v) is 9.15. The lowest BCUT2D eigenvalue weighted by Gasteiger charge is -2.18. The van der Waals surface area contributed by atoms with Crippen molar-refractivity contribution in [3.8, 4) is 11.4 Å². The lowest BCUT2D eigenvalue weighted by molar-refractivity contribution is -0.119. The fraction of sp³-hybridized carbons (Fsp3) is 0.500. The van der Waals surface area contributed by atoms with Crippen LogP contribution in [-0.4, -0.2) is 36.6 Å². The average Bonchev–Trinajstić information content (AvgIpc) is 3.34. The molecule has 1 saturated carbocycles. The van der Waals surface area contributed by atoms with Gasteiger partial charge in [0.05, 0.1) is 5.75 Å². The number of hydrogen-bond donors (Lipinski definition) is 1. The molecule has 9 heteroatoms. The van der Waals surface area contributed by atoms with Crippen LogP contribution in [0.15, 0.2) is 33.9 Å². The first kappa shape index (κ1) is 21.5. The van der Waals surface area contributed by atoms with E-state index in [1.807, 2.05) is 36.6 Å². The summed E-state index contributed by atoms with van der Waals surface area (Å²) in [6.07, 6.45) is 2.22.